The van der Waals surface area contributed by atoms with Crippen molar-refractivity contribution >= 4 is 11.7 Å². The van der Waals surface area contributed by atoms with Crippen LogP contribution in [0.2, 0.25) is 0 Å². The monoisotopic (exact) mass is 391 g/mol. The number of carboxylic acids is 1. The molecule has 1 atom stereocenters. The van der Waals surface area contributed by atoms with Gasteiger partial charge in [-0.05, 0) is 30.4 Å². The maximum Gasteiger partial charge on any atom is 0.303 e. The fourth-order valence-electron chi connectivity index (χ4n) is 3.26. The Bertz CT molecular complexity index is 837. The van der Waals surface area contributed by atoms with Gasteiger partial charge in [0.2, 0.25) is 5.88 Å². The summed E-state index contributed by atoms with van der Waals surface area (Å²) < 4.78 is 35.0. The van der Waals surface area contributed by atoms with Gasteiger partial charge in [0.1, 0.15) is 17.3 Å². The van der Waals surface area contributed by atoms with Gasteiger partial charge in [0.15, 0.2) is 5.82 Å². The number of rotatable bonds is 7. The Labute approximate surface area is 162 Å². The first-order valence-electron chi connectivity index (χ1n) is 9.25. The first-order chi connectivity index (χ1) is 13.3. The third-order valence-corrected chi connectivity index (χ3v) is 4.54. The zero-order chi connectivity index (χ0) is 20.3. The van der Waals surface area contributed by atoms with Crippen LogP contribution < -0.4 is 9.64 Å². The van der Waals surface area contributed by atoms with Crippen molar-refractivity contribution in [3.8, 4) is 17.3 Å². The minimum atomic E-state index is -0.903. The summed E-state index contributed by atoms with van der Waals surface area (Å²) in [5.74, 6) is -1.62. The minimum Gasteiger partial charge on any atom is -0.481 e. The second-order valence-electron chi connectivity index (χ2n) is 7.41. The molecule has 3 rings (SSSR count). The van der Waals surface area contributed by atoms with Crippen LogP contribution in [0.1, 0.15) is 26.7 Å². The molecule has 0 bridgehead atoms. The van der Waals surface area contributed by atoms with E-state index in [9.17, 15) is 13.6 Å². The van der Waals surface area contributed by atoms with E-state index in [0.29, 0.717) is 37.9 Å². The molecule has 0 saturated carbocycles. The van der Waals surface area contributed by atoms with E-state index in [1.54, 1.807) is 11.0 Å². The average molecular weight is 391 g/mol. The second-order valence-corrected chi connectivity index (χ2v) is 7.41. The van der Waals surface area contributed by atoms with Crippen molar-refractivity contribution in [3.05, 3.63) is 36.0 Å². The van der Waals surface area contributed by atoms with Crippen molar-refractivity contribution in [1.82, 2.24) is 9.97 Å². The molecule has 0 aliphatic carbocycles. The summed E-state index contributed by atoms with van der Waals surface area (Å²) in [7, 11) is 0. The normalized spacial score (nSPS) is 16.6. The maximum atomic E-state index is 14.7. The van der Waals surface area contributed by atoms with Gasteiger partial charge in [0.05, 0.1) is 6.61 Å². The predicted octanol–water partition coefficient (Wildman–Crippen LogP) is 3.76. The van der Waals surface area contributed by atoms with Crippen LogP contribution in [-0.4, -0.2) is 40.7 Å². The number of halogens is 2. The van der Waals surface area contributed by atoms with Crippen LogP contribution in [0.4, 0.5) is 14.5 Å². The van der Waals surface area contributed by atoms with Crippen molar-refractivity contribution < 1.29 is 23.4 Å². The highest BCUT2D eigenvalue weighted by Gasteiger charge is 2.28. The lowest BCUT2D eigenvalue weighted by Crippen LogP contribution is -2.23. The Hall–Kier alpha value is -2.77. The van der Waals surface area contributed by atoms with Gasteiger partial charge in [-0.1, -0.05) is 13.8 Å². The molecule has 1 aliphatic rings. The van der Waals surface area contributed by atoms with Crippen molar-refractivity contribution in [2.45, 2.75) is 26.7 Å². The SMILES string of the molecule is CC(C)COc1ccnc(-c2cc(F)c(N3CCC(CC(=O)O)C3)c(F)c2)n1. The molecule has 1 aromatic carbocycles. The largest absolute Gasteiger partial charge is 0.481 e. The molecule has 150 valence electrons. The number of carboxylic acid groups (broad SMARTS) is 1. The molecule has 1 saturated heterocycles. The molecule has 28 heavy (non-hydrogen) atoms. The van der Waals surface area contributed by atoms with E-state index in [4.69, 9.17) is 9.84 Å². The van der Waals surface area contributed by atoms with E-state index >= 15 is 0 Å². The van der Waals surface area contributed by atoms with Crippen LogP contribution in [0.25, 0.3) is 11.4 Å². The van der Waals surface area contributed by atoms with Crippen LogP contribution in [0, 0.1) is 23.5 Å². The van der Waals surface area contributed by atoms with Crippen LogP contribution in [0.3, 0.4) is 0 Å². The number of benzene rings is 1. The summed E-state index contributed by atoms with van der Waals surface area (Å²) in [6.45, 7) is 5.22. The average Bonchev–Trinajstić information content (AvgIpc) is 3.06. The summed E-state index contributed by atoms with van der Waals surface area (Å²) in [5.41, 5.74) is 0.0823. The summed E-state index contributed by atoms with van der Waals surface area (Å²) in [6, 6.07) is 3.99. The molecule has 1 unspecified atom stereocenters. The second kappa shape index (κ2) is 8.50. The Morgan fingerprint density at radius 2 is 2.07 bits per heavy atom. The quantitative estimate of drug-likeness (QED) is 0.775. The van der Waals surface area contributed by atoms with Crippen molar-refractivity contribution in [2.24, 2.45) is 11.8 Å². The predicted molar refractivity (Wildman–Crippen MR) is 100 cm³/mol. The third-order valence-electron chi connectivity index (χ3n) is 4.54. The van der Waals surface area contributed by atoms with Gasteiger partial charge in [0, 0.05) is 37.3 Å². The lowest BCUT2D eigenvalue weighted by molar-refractivity contribution is -0.137. The molecule has 2 heterocycles. The standard InChI is InChI=1S/C20H23F2N3O3/c1-12(2)11-28-17-3-5-23-20(24-17)14-8-15(21)19(16(22)9-14)25-6-4-13(10-25)7-18(26)27/h3,5,8-9,12-13H,4,6-7,10-11H2,1-2H3,(H,26,27). The van der Waals surface area contributed by atoms with E-state index in [0.717, 1.165) is 0 Å². The maximum absolute atomic E-state index is 14.7. The highest BCUT2D eigenvalue weighted by atomic mass is 19.1. The van der Waals surface area contributed by atoms with E-state index in [1.807, 2.05) is 13.8 Å². The highest BCUT2D eigenvalue weighted by Crippen LogP contribution is 2.33. The van der Waals surface area contributed by atoms with Crippen LogP contribution in [0.5, 0.6) is 5.88 Å². The fourth-order valence-corrected chi connectivity index (χ4v) is 3.26. The van der Waals surface area contributed by atoms with E-state index in [-0.39, 0.29) is 29.4 Å². The Morgan fingerprint density at radius 3 is 2.71 bits per heavy atom. The zero-order valence-corrected chi connectivity index (χ0v) is 15.9. The van der Waals surface area contributed by atoms with Gasteiger partial charge in [-0.2, -0.15) is 4.98 Å². The molecule has 1 N–H and O–H groups in total. The van der Waals surface area contributed by atoms with Gasteiger partial charge in [-0.15, -0.1) is 0 Å². The van der Waals surface area contributed by atoms with Gasteiger partial charge >= 0.3 is 5.97 Å². The number of aromatic nitrogens is 2. The lowest BCUT2D eigenvalue weighted by Gasteiger charge is -2.20. The number of carbonyl (C=O) groups is 1. The summed E-state index contributed by atoms with van der Waals surface area (Å²) in [6.07, 6.45) is 2.07. The van der Waals surface area contributed by atoms with Crippen LogP contribution >= 0.6 is 0 Å². The molecular weight excluding hydrogens is 368 g/mol. The molecule has 0 radical (unpaired) electrons. The van der Waals surface area contributed by atoms with E-state index < -0.39 is 17.6 Å². The fraction of sp³-hybridized carbons (Fsp3) is 0.450. The van der Waals surface area contributed by atoms with E-state index in [2.05, 4.69) is 9.97 Å². The smallest absolute Gasteiger partial charge is 0.303 e. The number of hydrogen-bond donors (Lipinski definition) is 1. The van der Waals surface area contributed by atoms with Gasteiger partial charge < -0.3 is 14.7 Å². The van der Waals surface area contributed by atoms with Crippen molar-refractivity contribution in [3.63, 3.8) is 0 Å². The molecule has 0 spiro atoms. The van der Waals surface area contributed by atoms with E-state index in [1.165, 1.54) is 18.3 Å². The molecule has 6 nitrogen and oxygen atoms in total. The molecule has 1 aromatic heterocycles. The molecular formula is C20H23F2N3O3. The van der Waals surface area contributed by atoms with Gasteiger partial charge in [0.25, 0.3) is 0 Å². The zero-order valence-electron chi connectivity index (χ0n) is 15.9. The van der Waals surface area contributed by atoms with Gasteiger partial charge in [-0.25, -0.2) is 13.8 Å². The number of ether oxygens (including phenoxy) is 1. The summed E-state index contributed by atoms with van der Waals surface area (Å²) in [5, 5.41) is 8.90. The van der Waals surface area contributed by atoms with Crippen LogP contribution in [-0.2, 0) is 4.79 Å². The first-order valence-corrected chi connectivity index (χ1v) is 9.25. The number of aliphatic carboxylic acids is 1. The molecule has 1 aliphatic heterocycles. The highest BCUT2D eigenvalue weighted by molar-refractivity contribution is 5.67. The summed E-state index contributed by atoms with van der Waals surface area (Å²) in [4.78, 5) is 20.7. The minimum absolute atomic E-state index is 0.00513. The topological polar surface area (TPSA) is 75.5 Å². The van der Waals surface area contributed by atoms with Gasteiger partial charge in [-0.3, -0.25) is 4.79 Å². The Morgan fingerprint density at radius 1 is 1.36 bits per heavy atom. The lowest BCUT2D eigenvalue weighted by atomic mass is 10.1. The molecule has 2 aromatic rings. The molecule has 8 heteroatoms. The number of anilines is 1. The number of hydrogen-bond acceptors (Lipinski definition) is 5. The molecule has 1 fully saturated rings. The number of nitrogens with zero attached hydrogens (tertiary/aromatic N) is 3. The molecule has 0 amide bonds. The van der Waals surface area contributed by atoms with Crippen molar-refractivity contribution in [1.29, 1.82) is 0 Å². The third kappa shape index (κ3) is 4.74. The Kier molecular flexibility index (Phi) is 6.06. The van der Waals surface area contributed by atoms with Crippen LogP contribution in [0.15, 0.2) is 24.4 Å². The first kappa shape index (κ1) is 20.0. The van der Waals surface area contributed by atoms with Crippen molar-refractivity contribution in [2.75, 3.05) is 24.6 Å². The summed E-state index contributed by atoms with van der Waals surface area (Å²) >= 11 is 0. The Balaban J connectivity index is 1.81.